The Kier molecular flexibility index (Phi) is 8.15. The summed E-state index contributed by atoms with van der Waals surface area (Å²) in [6, 6.07) is 13.7. The number of esters is 1. The second kappa shape index (κ2) is 11.3. The van der Waals surface area contributed by atoms with Gasteiger partial charge in [0.15, 0.2) is 0 Å². The molecule has 2 heterocycles. The summed E-state index contributed by atoms with van der Waals surface area (Å²) in [4.78, 5) is 45.9. The average molecular weight is 508 g/mol. The van der Waals surface area contributed by atoms with Crippen molar-refractivity contribution < 1.29 is 23.9 Å². The van der Waals surface area contributed by atoms with Gasteiger partial charge in [-0.2, -0.15) is 0 Å². The summed E-state index contributed by atoms with van der Waals surface area (Å²) < 4.78 is 10.5. The third-order valence-corrected chi connectivity index (χ3v) is 7.26. The number of hydrogen-bond acceptors (Lipinski definition) is 6. The number of amides is 2. The molecule has 1 aromatic carbocycles. The summed E-state index contributed by atoms with van der Waals surface area (Å²) in [5.41, 5.74) is 1.82. The smallest absolute Gasteiger partial charge is 0.416 e. The van der Waals surface area contributed by atoms with Gasteiger partial charge in [-0.25, -0.2) is 9.78 Å². The van der Waals surface area contributed by atoms with Gasteiger partial charge in [-0.05, 0) is 68.7 Å². The maximum Gasteiger partial charge on any atom is 0.416 e. The summed E-state index contributed by atoms with van der Waals surface area (Å²) in [5, 5.41) is 0. The highest BCUT2D eigenvalue weighted by Crippen LogP contribution is 2.51. The second-order valence-corrected chi connectivity index (χ2v) is 10.8. The fraction of sp³-hybridized carbons (Fsp3) is 0.517. The summed E-state index contributed by atoms with van der Waals surface area (Å²) >= 11 is 0. The van der Waals surface area contributed by atoms with E-state index in [2.05, 4.69) is 17.1 Å². The van der Waals surface area contributed by atoms with Crippen LogP contribution in [0.5, 0.6) is 0 Å². The Morgan fingerprint density at radius 1 is 1.08 bits per heavy atom. The van der Waals surface area contributed by atoms with Gasteiger partial charge < -0.3 is 14.4 Å². The molecule has 8 nitrogen and oxygen atoms in total. The molecule has 0 spiro atoms. The Morgan fingerprint density at radius 3 is 2.49 bits per heavy atom. The summed E-state index contributed by atoms with van der Waals surface area (Å²) in [7, 11) is 1.43. The Morgan fingerprint density at radius 2 is 1.81 bits per heavy atom. The SMILES string of the molecule is COC(=O)CC1c2ccccc2[C@@H]2CN(C(=O)CCCN(C(=O)OC(C)(C)C)c3ccccn3)CC[C@H]12. The molecule has 0 radical (unpaired) electrons. The molecule has 2 amide bonds. The minimum atomic E-state index is -0.631. The van der Waals surface area contributed by atoms with Crippen molar-refractivity contribution in [2.24, 2.45) is 5.92 Å². The first-order valence-corrected chi connectivity index (χ1v) is 13.0. The number of nitrogens with zero attached hydrogens (tertiary/aromatic N) is 3. The van der Waals surface area contributed by atoms with Gasteiger partial charge in [0.05, 0.1) is 13.5 Å². The minimum absolute atomic E-state index is 0.0810. The largest absolute Gasteiger partial charge is 0.469 e. The number of aromatic nitrogens is 1. The molecule has 37 heavy (non-hydrogen) atoms. The molecule has 8 heteroatoms. The van der Waals surface area contributed by atoms with Crippen LogP contribution in [-0.4, -0.2) is 60.2 Å². The molecule has 2 aliphatic rings. The van der Waals surface area contributed by atoms with E-state index in [4.69, 9.17) is 9.47 Å². The number of anilines is 1. The zero-order valence-electron chi connectivity index (χ0n) is 22.2. The van der Waals surface area contributed by atoms with E-state index in [-0.39, 0.29) is 23.7 Å². The first kappa shape index (κ1) is 26.6. The first-order valence-electron chi connectivity index (χ1n) is 13.0. The molecule has 1 aliphatic carbocycles. The average Bonchev–Trinajstić information content (AvgIpc) is 3.18. The standard InChI is InChI=1S/C29H37N3O5/c1-29(2,3)37-28(35)32(25-12-7-8-15-30-25)16-9-13-26(33)31-17-14-22-23(18-27(34)36-4)20-10-5-6-11-21(20)24(22)19-31/h5-8,10-12,15,22-24H,9,13-14,16-19H2,1-4H3/t22-,23?,24+/m1/s1. The third-order valence-electron chi connectivity index (χ3n) is 7.26. The maximum absolute atomic E-state index is 13.2. The van der Waals surface area contributed by atoms with Crippen molar-refractivity contribution in [1.29, 1.82) is 0 Å². The van der Waals surface area contributed by atoms with Crippen LogP contribution in [0.2, 0.25) is 0 Å². The molecule has 1 aromatic heterocycles. The van der Waals surface area contributed by atoms with Crippen LogP contribution in [0.1, 0.15) is 69.4 Å². The molecule has 4 rings (SSSR count). The van der Waals surface area contributed by atoms with Crippen molar-refractivity contribution in [3.63, 3.8) is 0 Å². The van der Waals surface area contributed by atoms with Crippen molar-refractivity contribution in [3.05, 3.63) is 59.8 Å². The molecule has 198 valence electrons. The molecule has 3 atom stereocenters. The molecule has 0 N–H and O–H groups in total. The monoisotopic (exact) mass is 507 g/mol. The van der Waals surface area contributed by atoms with Gasteiger partial charge in [0.1, 0.15) is 11.4 Å². The lowest BCUT2D eigenvalue weighted by Gasteiger charge is -2.37. The van der Waals surface area contributed by atoms with Gasteiger partial charge in [-0.3, -0.25) is 14.5 Å². The highest BCUT2D eigenvalue weighted by Gasteiger charge is 2.44. The van der Waals surface area contributed by atoms with E-state index < -0.39 is 11.7 Å². The number of methoxy groups -OCH3 is 1. The number of rotatable bonds is 7. The number of pyridine rings is 1. The Balaban J connectivity index is 1.38. The van der Waals surface area contributed by atoms with Crippen LogP contribution in [0.4, 0.5) is 10.6 Å². The van der Waals surface area contributed by atoms with Crippen LogP contribution < -0.4 is 4.90 Å². The molecule has 1 unspecified atom stereocenters. The lowest BCUT2D eigenvalue weighted by Crippen LogP contribution is -2.43. The van der Waals surface area contributed by atoms with Gasteiger partial charge in [0.25, 0.3) is 0 Å². The van der Waals surface area contributed by atoms with E-state index in [1.807, 2.05) is 43.9 Å². The molecular weight excluding hydrogens is 470 g/mol. The van der Waals surface area contributed by atoms with Crippen molar-refractivity contribution >= 4 is 23.8 Å². The highest BCUT2D eigenvalue weighted by atomic mass is 16.6. The first-order chi connectivity index (χ1) is 17.7. The van der Waals surface area contributed by atoms with Gasteiger partial charge in [-0.1, -0.05) is 30.3 Å². The van der Waals surface area contributed by atoms with E-state index in [1.54, 1.807) is 18.3 Å². The lowest BCUT2D eigenvalue weighted by molar-refractivity contribution is -0.142. The van der Waals surface area contributed by atoms with E-state index in [0.717, 1.165) is 6.42 Å². The fourth-order valence-corrected chi connectivity index (χ4v) is 5.62. The third kappa shape index (κ3) is 6.29. The number of piperidine rings is 1. The number of carbonyl (C=O) groups excluding carboxylic acids is 3. The predicted octanol–water partition coefficient (Wildman–Crippen LogP) is 4.90. The topological polar surface area (TPSA) is 89.0 Å². The van der Waals surface area contributed by atoms with Gasteiger partial charge >= 0.3 is 12.1 Å². The predicted molar refractivity (Wildman–Crippen MR) is 140 cm³/mol. The van der Waals surface area contributed by atoms with Gasteiger partial charge in [0, 0.05) is 38.2 Å². The molecule has 2 aromatic rings. The Hall–Kier alpha value is -3.42. The molecule has 0 saturated carbocycles. The fourth-order valence-electron chi connectivity index (χ4n) is 5.62. The number of ether oxygens (including phenoxy) is 2. The van der Waals surface area contributed by atoms with Crippen LogP contribution in [0.25, 0.3) is 0 Å². The van der Waals surface area contributed by atoms with Crippen LogP contribution >= 0.6 is 0 Å². The Labute approximate surface area is 218 Å². The highest BCUT2D eigenvalue weighted by molar-refractivity contribution is 5.86. The minimum Gasteiger partial charge on any atom is -0.469 e. The van der Waals surface area contributed by atoms with Gasteiger partial charge in [0.2, 0.25) is 5.91 Å². The molecule has 1 fully saturated rings. The number of carbonyl (C=O) groups is 3. The van der Waals surface area contributed by atoms with Crippen LogP contribution in [0, 0.1) is 5.92 Å². The molecule has 1 aliphatic heterocycles. The summed E-state index contributed by atoms with van der Waals surface area (Å²) in [6.07, 6.45) is 3.21. The molecule has 1 saturated heterocycles. The lowest BCUT2D eigenvalue weighted by atomic mass is 9.80. The van der Waals surface area contributed by atoms with Crippen LogP contribution in [0.3, 0.4) is 0 Å². The van der Waals surface area contributed by atoms with E-state index in [9.17, 15) is 14.4 Å². The summed E-state index contributed by atoms with van der Waals surface area (Å²) in [5.74, 6) is 1.07. The number of fused-ring (bicyclic) bond motifs is 3. The van der Waals surface area contributed by atoms with Crippen LogP contribution in [-0.2, 0) is 19.1 Å². The summed E-state index contributed by atoms with van der Waals surface area (Å²) in [6.45, 7) is 7.13. The number of benzene rings is 1. The van der Waals surface area contributed by atoms with Crippen LogP contribution in [0.15, 0.2) is 48.7 Å². The van der Waals surface area contributed by atoms with Crippen molar-refractivity contribution in [2.45, 2.75) is 63.9 Å². The maximum atomic E-state index is 13.2. The van der Waals surface area contributed by atoms with Gasteiger partial charge in [-0.15, -0.1) is 0 Å². The Bertz CT molecular complexity index is 1110. The number of likely N-dealkylation sites (tertiary alicyclic amines) is 1. The zero-order chi connectivity index (χ0) is 26.6. The van der Waals surface area contributed by atoms with E-state index >= 15 is 0 Å². The zero-order valence-corrected chi connectivity index (χ0v) is 22.2. The van der Waals surface area contributed by atoms with E-state index in [1.165, 1.54) is 23.1 Å². The van der Waals surface area contributed by atoms with Crippen molar-refractivity contribution in [3.8, 4) is 0 Å². The second-order valence-electron chi connectivity index (χ2n) is 10.8. The normalized spacial score (nSPS) is 20.5. The van der Waals surface area contributed by atoms with Crippen molar-refractivity contribution in [1.82, 2.24) is 9.88 Å². The van der Waals surface area contributed by atoms with Crippen molar-refractivity contribution in [2.75, 3.05) is 31.6 Å². The quantitative estimate of drug-likeness (QED) is 0.496. The van der Waals surface area contributed by atoms with E-state index in [0.29, 0.717) is 50.6 Å². The molecular formula is C29H37N3O5. The number of hydrogen-bond donors (Lipinski definition) is 0. The molecule has 0 bridgehead atoms.